The van der Waals surface area contributed by atoms with Gasteiger partial charge in [0.2, 0.25) is 0 Å². The van der Waals surface area contributed by atoms with Crippen LogP contribution in [0.15, 0.2) is 206 Å². The van der Waals surface area contributed by atoms with Crippen molar-refractivity contribution in [1.29, 1.82) is 0 Å². The summed E-state index contributed by atoms with van der Waals surface area (Å²) in [4.78, 5) is 2.48. The van der Waals surface area contributed by atoms with Crippen molar-refractivity contribution in [3.05, 3.63) is 245 Å². The lowest BCUT2D eigenvalue weighted by Gasteiger charge is -2.35. The monoisotopic (exact) mass is 891 g/mol. The van der Waals surface area contributed by atoms with Gasteiger partial charge in [0.15, 0.2) is 23.7 Å². The molecule has 68 heavy (non-hydrogen) atoms. The smallest absolute Gasteiger partial charge is 0.170 e. The molecule has 15 rings (SSSR count). The molecule has 1 aliphatic heterocycles. The highest BCUT2D eigenvalue weighted by molar-refractivity contribution is 7.26. The molecule has 0 saturated carbocycles. The second-order valence-corrected chi connectivity index (χ2v) is 20.7. The Morgan fingerprint density at radius 3 is 2.18 bits per heavy atom. The van der Waals surface area contributed by atoms with Gasteiger partial charge in [-0.15, -0.1) is 11.3 Å². The number of hydrogen-bond donors (Lipinski definition) is 0. The molecular weight excluding hydrogens is 847 g/mol. The van der Waals surface area contributed by atoms with Crippen molar-refractivity contribution < 1.29 is 9.47 Å². The lowest BCUT2D eigenvalue weighted by Crippen LogP contribution is -2.38. The molecule has 0 fully saturated rings. The van der Waals surface area contributed by atoms with Crippen LogP contribution in [0.2, 0.25) is 0 Å². The fraction of sp³-hybridized carbons (Fsp3) is 0.125. The molecule has 3 unspecified atom stereocenters. The highest BCUT2D eigenvalue weighted by Crippen LogP contribution is 2.67. The Bertz CT molecular complexity index is 3820. The normalized spacial score (nSPS) is 20.4. The number of ether oxygens (including phenoxy) is 2. The van der Waals surface area contributed by atoms with E-state index in [1.165, 1.54) is 87.1 Å². The van der Waals surface area contributed by atoms with Crippen molar-refractivity contribution in [2.45, 2.75) is 49.7 Å². The first-order valence-electron chi connectivity index (χ1n) is 24.0. The molecule has 1 spiro atoms. The number of thiophene rings is 1. The summed E-state index contributed by atoms with van der Waals surface area (Å²) < 4.78 is 16.8. The van der Waals surface area contributed by atoms with Gasteiger partial charge in [0.05, 0.1) is 15.8 Å². The summed E-state index contributed by atoms with van der Waals surface area (Å²) in [5, 5.41) is 2.57. The first-order valence-corrected chi connectivity index (χ1v) is 24.9. The quantitative estimate of drug-likeness (QED) is 0.176. The summed E-state index contributed by atoms with van der Waals surface area (Å²) in [5.41, 5.74) is 20.9. The highest BCUT2D eigenvalue weighted by Gasteiger charge is 2.55. The van der Waals surface area contributed by atoms with E-state index in [0.717, 1.165) is 52.4 Å². The summed E-state index contributed by atoms with van der Waals surface area (Å²) in [5.74, 6) is 1.63. The van der Waals surface area contributed by atoms with Gasteiger partial charge in [-0.3, -0.25) is 0 Å². The second-order valence-electron chi connectivity index (χ2n) is 19.7. The van der Waals surface area contributed by atoms with Gasteiger partial charge in [0.1, 0.15) is 0 Å². The molecule has 0 N–H and O–H groups in total. The zero-order valence-corrected chi connectivity index (χ0v) is 38.6. The summed E-state index contributed by atoms with van der Waals surface area (Å²) in [6.45, 7) is 4.73. The van der Waals surface area contributed by atoms with Gasteiger partial charge in [0.25, 0.3) is 0 Å². The molecule has 0 amide bonds. The van der Waals surface area contributed by atoms with Crippen LogP contribution in [-0.4, -0.2) is 12.2 Å². The molecule has 3 nitrogen and oxygen atoms in total. The van der Waals surface area contributed by atoms with Crippen LogP contribution in [0.1, 0.15) is 65.6 Å². The average molecular weight is 892 g/mol. The fourth-order valence-electron chi connectivity index (χ4n) is 12.9. The van der Waals surface area contributed by atoms with Crippen molar-refractivity contribution in [3.63, 3.8) is 0 Å². The first-order chi connectivity index (χ1) is 33.5. The maximum atomic E-state index is 7.30. The van der Waals surface area contributed by atoms with Crippen LogP contribution in [0.25, 0.3) is 53.6 Å². The SMILES string of the molecule is CC1(C)c2ccccc2-c2ccc(N(c3cccc(C4=CC5Oc6c(ccc7c6-c6ccccc6C76C7=CCCC=C7c7ccccc76)OC5C=C4)c3)c3cccc4c3sc3ccccc34)cc21. The van der Waals surface area contributed by atoms with Gasteiger partial charge in [-0.2, -0.15) is 0 Å². The maximum absolute atomic E-state index is 7.30. The predicted octanol–water partition coefficient (Wildman–Crippen LogP) is 16.4. The predicted molar refractivity (Wildman–Crippen MR) is 281 cm³/mol. The van der Waals surface area contributed by atoms with Crippen LogP contribution in [0.3, 0.4) is 0 Å². The summed E-state index contributed by atoms with van der Waals surface area (Å²) >= 11 is 1.87. The van der Waals surface area contributed by atoms with E-state index in [0.29, 0.717) is 0 Å². The Kier molecular flexibility index (Phi) is 7.89. The van der Waals surface area contributed by atoms with E-state index in [1.54, 1.807) is 0 Å². The molecule has 8 aromatic carbocycles. The van der Waals surface area contributed by atoms with Crippen molar-refractivity contribution >= 4 is 59.7 Å². The molecule has 6 aliphatic rings. The van der Waals surface area contributed by atoms with E-state index in [1.807, 2.05) is 11.3 Å². The molecule has 0 radical (unpaired) electrons. The Balaban J connectivity index is 0.851. The van der Waals surface area contributed by atoms with Crippen LogP contribution in [0.4, 0.5) is 17.1 Å². The maximum Gasteiger partial charge on any atom is 0.170 e. The first kappa shape index (κ1) is 38.4. The van der Waals surface area contributed by atoms with Crippen LogP contribution >= 0.6 is 11.3 Å². The summed E-state index contributed by atoms with van der Waals surface area (Å²) in [6, 6.07) is 63.1. The van der Waals surface area contributed by atoms with E-state index in [2.05, 4.69) is 219 Å². The molecule has 9 aromatic rings. The van der Waals surface area contributed by atoms with Gasteiger partial charge in [-0.05, 0) is 140 Å². The van der Waals surface area contributed by atoms with Crippen molar-refractivity contribution in [1.82, 2.24) is 0 Å². The van der Waals surface area contributed by atoms with Crippen molar-refractivity contribution in [2.24, 2.45) is 0 Å². The van der Waals surface area contributed by atoms with Gasteiger partial charge in [-0.25, -0.2) is 0 Å². The van der Waals surface area contributed by atoms with Crippen LogP contribution < -0.4 is 14.4 Å². The van der Waals surface area contributed by atoms with Crippen LogP contribution in [-0.2, 0) is 10.8 Å². The van der Waals surface area contributed by atoms with E-state index in [9.17, 15) is 0 Å². The molecular formula is C64H45NO2S. The third kappa shape index (κ3) is 5.08. The number of nitrogens with zero attached hydrogens (tertiary/aromatic N) is 1. The Morgan fingerprint density at radius 2 is 1.28 bits per heavy atom. The molecule has 4 heteroatoms. The molecule has 1 aromatic heterocycles. The van der Waals surface area contributed by atoms with E-state index >= 15 is 0 Å². The summed E-state index contributed by atoms with van der Waals surface area (Å²) in [7, 11) is 0. The Hall–Kier alpha value is -7.66. The van der Waals surface area contributed by atoms with Gasteiger partial charge in [0, 0.05) is 37.8 Å². The topological polar surface area (TPSA) is 21.7 Å². The third-order valence-electron chi connectivity index (χ3n) is 15.8. The number of allylic oxidation sites excluding steroid dienone is 6. The summed E-state index contributed by atoms with van der Waals surface area (Å²) in [6.07, 6.45) is 13.2. The number of benzene rings is 8. The molecule has 5 aliphatic carbocycles. The number of rotatable bonds is 4. The van der Waals surface area contributed by atoms with Crippen molar-refractivity contribution in [2.75, 3.05) is 4.90 Å². The minimum absolute atomic E-state index is 0.133. The van der Waals surface area contributed by atoms with Gasteiger partial charge < -0.3 is 14.4 Å². The van der Waals surface area contributed by atoms with Gasteiger partial charge >= 0.3 is 0 Å². The highest BCUT2D eigenvalue weighted by atomic mass is 32.1. The van der Waals surface area contributed by atoms with Crippen LogP contribution in [0.5, 0.6) is 11.5 Å². The number of anilines is 3. The minimum atomic E-state index is -0.400. The van der Waals surface area contributed by atoms with Crippen LogP contribution in [0, 0.1) is 0 Å². The molecule has 324 valence electrons. The zero-order valence-electron chi connectivity index (χ0n) is 37.8. The van der Waals surface area contributed by atoms with Crippen molar-refractivity contribution in [3.8, 4) is 33.8 Å². The number of hydrogen-bond acceptors (Lipinski definition) is 4. The molecule has 3 atom stereocenters. The lowest BCUT2D eigenvalue weighted by molar-refractivity contribution is 0.0767. The third-order valence-corrected chi connectivity index (χ3v) is 17.1. The standard InChI is InChI=1S/C64H45NO2S/c1-63(2)49-23-8-3-17-42(49)45-31-30-41(37-54(45)63)65(55-27-14-22-47-46-20-7-12-28-59(46)68-62(47)55)40-16-13-15-38(35-40)39-29-33-56-58(36-39)67-61-57(66-56)34-32-53-60(61)48-21-6-11-26-52(48)64(53)50-24-9-4-18-43(50)44-19-5-10-25-51(44)64/h3-4,6-9,11-37,56,58H,5,10H2,1-2H3. The molecule has 0 saturated heterocycles. The molecule has 2 heterocycles. The number of fused-ring (bicyclic) bond motifs is 19. The largest absolute Gasteiger partial charge is 0.478 e. The molecule has 0 bridgehead atoms. The van der Waals surface area contributed by atoms with E-state index < -0.39 is 5.41 Å². The van der Waals surface area contributed by atoms with Gasteiger partial charge in [-0.1, -0.05) is 159 Å². The second kappa shape index (κ2) is 13.9. The lowest BCUT2D eigenvalue weighted by atomic mass is 9.69. The van der Waals surface area contributed by atoms with E-state index in [4.69, 9.17) is 9.47 Å². The Labute approximate surface area is 400 Å². The average Bonchev–Trinajstić information content (AvgIpc) is 4.08. The van der Waals surface area contributed by atoms with E-state index in [-0.39, 0.29) is 17.6 Å². The fourth-order valence-corrected chi connectivity index (χ4v) is 14.1. The minimum Gasteiger partial charge on any atom is -0.478 e. The Morgan fingerprint density at radius 1 is 0.559 bits per heavy atom. The zero-order chi connectivity index (χ0) is 44.9.